The van der Waals surface area contributed by atoms with Gasteiger partial charge >= 0.3 is 5.97 Å². The highest BCUT2D eigenvalue weighted by atomic mass is 16.5. The Balaban J connectivity index is 1.88. The van der Waals surface area contributed by atoms with Crippen LogP contribution < -0.4 is 0 Å². The lowest BCUT2D eigenvalue weighted by Gasteiger charge is -2.19. The van der Waals surface area contributed by atoms with Crippen molar-refractivity contribution in [2.45, 2.75) is 38.1 Å². The number of hydrogen-bond acceptors (Lipinski definition) is 3. The highest BCUT2D eigenvalue weighted by Crippen LogP contribution is 2.24. The minimum atomic E-state index is -0.281. The van der Waals surface area contributed by atoms with Gasteiger partial charge in [-0.05, 0) is 31.2 Å². The van der Waals surface area contributed by atoms with E-state index in [9.17, 15) is 4.79 Å². The first-order valence-corrected chi connectivity index (χ1v) is 7.45. The summed E-state index contributed by atoms with van der Waals surface area (Å²) < 4.78 is 7.11. The Labute approximate surface area is 124 Å². The summed E-state index contributed by atoms with van der Waals surface area (Å²) in [6.07, 6.45) is 6.39. The summed E-state index contributed by atoms with van der Waals surface area (Å²) in [6, 6.07) is 9.82. The molecule has 1 aromatic heterocycles. The number of rotatable bonds is 4. The number of nitrogens with zero attached hydrogens (tertiary/aromatic N) is 2. The number of ether oxygens (including phenoxy) is 1. The summed E-state index contributed by atoms with van der Waals surface area (Å²) in [5.41, 5.74) is 3.46. The van der Waals surface area contributed by atoms with Crippen LogP contribution in [0.1, 0.15) is 35.7 Å². The molecule has 0 saturated heterocycles. The van der Waals surface area contributed by atoms with E-state index in [2.05, 4.69) is 9.55 Å². The van der Waals surface area contributed by atoms with E-state index in [1.165, 1.54) is 31.3 Å². The van der Waals surface area contributed by atoms with Crippen molar-refractivity contribution >= 4 is 5.97 Å². The Morgan fingerprint density at radius 2 is 2.05 bits per heavy atom. The van der Waals surface area contributed by atoms with Crippen molar-refractivity contribution in [1.29, 1.82) is 0 Å². The van der Waals surface area contributed by atoms with Crippen LogP contribution in [0.2, 0.25) is 0 Å². The van der Waals surface area contributed by atoms with Crippen molar-refractivity contribution in [3.63, 3.8) is 0 Å². The van der Waals surface area contributed by atoms with Crippen LogP contribution in [0.5, 0.6) is 0 Å². The molecule has 0 spiro atoms. The largest absolute Gasteiger partial charge is 0.468 e. The molecule has 1 aromatic carbocycles. The summed E-state index contributed by atoms with van der Waals surface area (Å²) >= 11 is 0. The highest BCUT2D eigenvalue weighted by molar-refractivity contribution is 5.77. The van der Waals surface area contributed by atoms with E-state index in [1.54, 1.807) is 0 Å². The first-order valence-electron chi connectivity index (χ1n) is 7.45. The molecule has 1 atom stereocenters. The fraction of sp³-hybridized carbons (Fsp3) is 0.412. The highest BCUT2D eigenvalue weighted by Gasteiger charge is 2.24. The number of methoxy groups -OCH3 is 1. The normalized spacial score (nSPS) is 15.3. The van der Waals surface area contributed by atoms with Crippen LogP contribution in [0, 0.1) is 0 Å². The lowest BCUT2D eigenvalue weighted by Crippen LogP contribution is -2.21. The van der Waals surface area contributed by atoms with Gasteiger partial charge in [0.1, 0.15) is 0 Å². The van der Waals surface area contributed by atoms with E-state index in [4.69, 9.17) is 4.74 Å². The van der Waals surface area contributed by atoms with Crippen LogP contribution in [0.4, 0.5) is 0 Å². The number of benzene rings is 1. The predicted octanol–water partition coefficient (Wildman–Crippen LogP) is 2.72. The molecule has 0 amide bonds. The number of aromatic nitrogens is 2. The Morgan fingerprint density at radius 1 is 1.29 bits per heavy atom. The van der Waals surface area contributed by atoms with Gasteiger partial charge in [-0.25, -0.2) is 4.98 Å². The van der Waals surface area contributed by atoms with Gasteiger partial charge in [-0.1, -0.05) is 30.3 Å². The van der Waals surface area contributed by atoms with E-state index in [0.29, 0.717) is 6.54 Å². The molecule has 4 nitrogen and oxygen atoms in total. The van der Waals surface area contributed by atoms with Gasteiger partial charge < -0.3 is 9.30 Å². The fourth-order valence-corrected chi connectivity index (χ4v) is 3.03. The minimum Gasteiger partial charge on any atom is -0.468 e. The Bertz CT molecular complexity index is 619. The van der Waals surface area contributed by atoms with Crippen LogP contribution in [0.15, 0.2) is 36.7 Å². The molecular formula is C17H20N2O2. The molecule has 0 fully saturated rings. The second kappa shape index (κ2) is 6.12. The summed E-state index contributed by atoms with van der Waals surface area (Å²) in [7, 11) is 1.45. The Kier molecular flexibility index (Phi) is 4.04. The van der Waals surface area contributed by atoms with Crippen LogP contribution in [-0.4, -0.2) is 22.6 Å². The second-order valence-electron chi connectivity index (χ2n) is 5.48. The molecule has 1 aliphatic rings. The van der Waals surface area contributed by atoms with Gasteiger partial charge in [0.2, 0.25) is 0 Å². The number of aryl methyl sites for hydroxylation is 1. The van der Waals surface area contributed by atoms with Crippen LogP contribution >= 0.6 is 0 Å². The van der Waals surface area contributed by atoms with Gasteiger partial charge in [0.15, 0.2) is 0 Å². The molecule has 110 valence electrons. The van der Waals surface area contributed by atoms with Gasteiger partial charge in [-0.15, -0.1) is 0 Å². The molecule has 1 unspecified atom stereocenters. The first kappa shape index (κ1) is 13.9. The summed E-state index contributed by atoms with van der Waals surface area (Å²) in [4.78, 5) is 16.7. The van der Waals surface area contributed by atoms with Gasteiger partial charge in [0, 0.05) is 12.2 Å². The zero-order valence-corrected chi connectivity index (χ0v) is 12.3. The Hall–Kier alpha value is -2.10. The Morgan fingerprint density at radius 3 is 2.81 bits per heavy atom. The average molecular weight is 284 g/mol. The number of imidazole rings is 1. The maximum absolute atomic E-state index is 12.2. The topological polar surface area (TPSA) is 44.1 Å². The first-order chi connectivity index (χ1) is 10.3. The second-order valence-corrected chi connectivity index (χ2v) is 5.48. The van der Waals surface area contributed by atoms with Crippen molar-refractivity contribution in [2.24, 2.45) is 0 Å². The lowest BCUT2D eigenvalue weighted by molar-refractivity contribution is -0.142. The number of hydrogen-bond donors (Lipinski definition) is 0. The molecule has 3 rings (SSSR count). The lowest BCUT2D eigenvalue weighted by atomic mass is 9.97. The van der Waals surface area contributed by atoms with Gasteiger partial charge in [0.05, 0.1) is 25.0 Å². The quantitative estimate of drug-likeness (QED) is 0.811. The third-order valence-corrected chi connectivity index (χ3v) is 4.18. The number of carbonyl (C=O) groups excluding carboxylic acids is 1. The summed E-state index contributed by atoms with van der Waals surface area (Å²) in [6.45, 7) is 0.596. The number of esters is 1. The molecule has 0 radical (unpaired) electrons. The monoisotopic (exact) mass is 284 g/mol. The predicted molar refractivity (Wildman–Crippen MR) is 80.1 cm³/mol. The average Bonchev–Trinajstić information content (AvgIpc) is 2.96. The van der Waals surface area contributed by atoms with E-state index >= 15 is 0 Å². The van der Waals surface area contributed by atoms with Crippen LogP contribution in [0.3, 0.4) is 0 Å². The van der Waals surface area contributed by atoms with Gasteiger partial charge in [-0.3, -0.25) is 4.79 Å². The van der Waals surface area contributed by atoms with Crippen molar-refractivity contribution < 1.29 is 9.53 Å². The molecule has 0 N–H and O–H groups in total. The fourth-order valence-electron chi connectivity index (χ4n) is 3.03. The van der Waals surface area contributed by atoms with Gasteiger partial charge in [-0.2, -0.15) is 0 Å². The maximum atomic E-state index is 12.2. The molecule has 1 aliphatic carbocycles. The summed E-state index contributed by atoms with van der Waals surface area (Å²) in [5.74, 6) is -0.476. The molecule has 1 heterocycles. The molecule has 0 aliphatic heterocycles. The standard InChI is InChI=1S/C17H20N2O2/c1-21-17(20)14(13-7-3-2-4-8-13)11-19-12-18-15-9-5-6-10-16(15)19/h2-4,7-8,12,14H,5-6,9-11H2,1H3. The van der Waals surface area contributed by atoms with Crippen LogP contribution in [0.25, 0.3) is 0 Å². The molecule has 21 heavy (non-hydrogen) atoms. The molecule has 0 saturated carbocycles. The molecule has 4 heteroatoms. The van der Waals surface area contributed by atoms with E-state index in [1.807, 2.05) is 36.7 Å². The zero-order valence-electron chi connectivity index (χ0n) is 12.3. The van der Waals surface area contributed by atoms with E-state index < -0.39 is 0 Å². The molecule has 2 aromatic rings. The zero-order chi connectivity index (χ0) is 14.7. The third kappa shape index (κ3) is 2.84. The number of fused-ring (bicyclic) bond motifs is 1. The van der Waals surface area contributed by atoms with Crippen molar-refractivity contribution in [3.8, 4) is 0 Å². The summed E-state index contributed by atoms with van der Waals surface area (Å²) in [5, 5.41) is 0. The van der Waals surface area contributed by atoms with Crippen molar-refractivity contribution in [3.05, 3.63) is 53.6 Å². The third-order valence-electron chi connectivity index (χ3n) is 4.18. The maximum Gasteiger partial charge on any atom is 0.314 e. The van der Waals surface area contributed by atoms with Crippen molar-refractivity contribution in [2.75, 3.05) is 7.11 Å². The van der Waals surface area contributed by atoms with Crippen LogP contribution in [-0.2, 0) is 28.9 Å². The van der Waals surface area contributed by atoms with E-state index in [0.717, 1.165) is 18.4 Å². The smallest absolute Gasteiger partial charge is 0.314 e. The molecular weight excluding hydrogens is 264 g/mol. The SMILES string of the molecule is COC(=O)C(Cn1cnc2c1CCCC2)c1ccccc1. The molecule has 0 bridgehead atoms. The minimum absolute atomic E-state index is 0.195. The number of carbonyl (C=O) groups is 1. The van der Waals surface area contributed by atoms with Crippen molar-refractivity contribution in [1.82, 2.24) is 9.55 Å². The van der Waals surface area contributed by atoms with E-state index in [-0.39, 0.29) is 11.9 Å². The van der Waals surface area contributed by atoms with Gasteiger partial charge in [0.25, 0.3) is 0 Å².